The number of methoxy groups -OCH3 is 1. The van der Waals surface area contributed by atoms with Crippen LogP contribution in [0.3, 0.4) is 0 Å². The van der Waals surface area contributed by atoms with Crippen LogP contribution in [-0.2, 0) is 18.4 Å². The highest BCUT2D eigenvalue weighted by Gasteiger charge is 2.38. The van der Waals surface area contributed by atoms with Gasteiger partial charge in [0, 0.05) is 36.3 Å². The third kappa shape index (κ3) is 5.46. The Kier molecular flexibility index (Phi) is 8.15. The molecule has 6 heteroatoms. The van der Waals surface area contributed by atoms with Gasteiger partial charge < -0.3 is 19.6 Å². The summed E-state index contributed by atoms with van der Waals surface area (Å²) >= 11 is 5.70. The molecule has 6 rings (SSSR count). The average Bonchev–Trinajstić information content (AvgIpc) is 3.68. The third-order valence-corrected chi connectivity index (χ3v) is 8.14. The molecular weight excluding hydrogens is 536 g/mol. The van der Waals surface area contributed by atoms with E-state index in [1.165, 1.54) is 22.3 Å². The van der Waals surface area contributed by atoms with E-state index in [0.29, 0.717) is 6.42 Å². The summed E-state index contributed by atoms with van der Waals surface area (Å²) in [5, 5.41) is 4.59. The van der Waals surface area contributed by atoms with E-state index < -0.39 is 5.54 Å². The number of ether oxygens (including phenoxy) is 1. The molecule has 0 aliphatic rings. The molecule has 0 saturated heterocycles. The van der Waals surface area contributed by atoms with Gasteiger partial charge in [-0.25, -0.2) is 4.98 Å². The number of nitrogens with one attached hydrogen (secondary N) is 2. The van der Waals surface area contributed by atoms with Crippen molar-refractivity contribution >= 4 is 28.1 Å². The van der Waals surface area contributed by atoms with Gasteiger partial charge in [-0.2, -0.15) is 0 Å². The van der Waals surface area contributed by atoms with Crippen molar-refractivity contribution in [3.05, 3.63) is 156 Å². The quantitative estimate of drug-likeness (QED) is 0.0975. The molecule has 0 fully saturated rings. The number of fused-ring (bicyclic) bond motifs is 1. The molecule has 0 saturated carbocycles. The summed E-state index contributed by atoms with van der Waals surface area (Å²) < 4.78 is 7.67. The summed E-state index contributed by atoms with van der Waals surface area (Å²) in [6.07, 6.45) is 8.67. The largest absolute Gasteiger partial charge is 0.497 e. The van der Waals surface area contributed by atoms with Gasteiger partial charge in [-0.3, -0.25) is 0 Å². The zero-order valence-corrected chi connectivity index (χ0v) is 24.5. The lowest BCUT2D eigenvalue weighted by Crippen LogP contribution is -2.36. The van der Waals surface area contributed by atoms with Crippen LogP contribution < -0.4 is 10.1 Å². The van der Waals surface area contributed by atoms with Crippen LogP contribution in [0, 0.1) is 0 Å². The summed E-state index contributed by atoms with van der Waals surface area (Å²) in [7, 11) is 1.69. The second-order valence-corrected chi connectivity index (χ2v) is 10.9. The fraction of sp³-hybridized carbons (Fsp3) is 0.167. The number of H-pyrrole nitrogens is 1. The first-order chi connectivity index (χ1) is 20.7. The van der Waals surface area contributed by atoms with Gasteiger partial charge in [-0.05, 0) is 53.3 Å². The van der Waals surface area contributed by atoms with Gasteiger partial charge in [0.1, 0.15) is 11.3 Å². The molecule has 0 unspecified atom stereocenters. The van der Waals surface area contributed by atoms with Crippen molar-refractivity contribution in [2.45, 2.75) is 24.8 Å². The van der Waals surface area contributed by atoms with Crippen molar-refractivity contribution in [2.75, 3.05) is 13.7 Å². The van der Waals surface area contributed by atoms with Crippen molar-refractivity contribution in [1.82, 2.24) is 19.9 Å². The molecule has 4 aromatic carbocycles. The van der Waals surface area contributed by atoms with Crippen LogP contribution >= 0.6 is 12.2 Å². The predicted octanol–water partition coefficient (Wildman–Crippen LogP) is 7.31. The van der Waals surface area contributed by atoms with E-state index in [-0.39, 0.29) is 0 Å². The number of hydrogen-bond donors (Lipinski definition) is 2. The van der Waals surface area contributed by atoms with E-state index >= 15 is 0 Å². The maximum absolute atomic E-state index is 5.70. The Labute approximate surface area is 252 Å². The zero-order valence-electron chi connectivity index (χ0n) is 23.7. The number of hydrogen-bond acceptors (Lipinski definition) is 3. The van der Waals surface area contributed by atoms with E-state index in [1.807, 2.05) is 24.7 Å². The Morgan fingerprint density at radius 3 is 2.10 bits per heavy atom. The fourth-order valence-corrected chi connectivity index (χ4v) is 6.08. The van der Waals surface area contributed by atoms with Gasteiger partial charge >= 0.3 is 0 Å². The van der Waals surface area contributed by atoms with Crippen LogP contribution in [0.5, 0.6) is 5.75 Å². The van der Waals surface area contributed by atoms with Crippen molar-refractivity contribution in [3.63, 3.8) is 0 Å². The lowest BCUT2D eigenvalue weighted by Gasteiger charge is -2.37. The van der Waals surface area contributed by atoms with Crippen LogP contribution in [0.4, 0.5) is 0 Å². The van der Waals surface area contributed by atoms with E-state index in [0.717, 1.165) is 46.7 Å². The van der Waals surface area contributed by atoms with Crippen LogP contribution in [0.25, 0.3) is 10.9 Å². The number of nitrogens with zero attached hydrogens (tertiary/aromatic N) is 2. The molecule has 42 heavy (non-hydrogen) atoms. The second kappa shape index (κ2) is 12.5. The third-order valence-electron chi connectivity index (χ3n) is 7.86. The SMILES string of the molecule is COc1ccc2[nH]cc(CC(=S)NCCCc3cn(C(c4ccccc4)(c4ccccc4)c4ccccc4)cn3)c2c1. The first-order valence-corrected chi connectivity index (χ1v) is 14.7. The molecule has 0 atom stereocenters. The highest BCUT2D eigenvalue weighted by molar-refractivity contribution is 7.80. The minimum Gasteiger partial charge on any atom is -0.497 e. The number of imidazole rings is 1. The molecule has 0 aliphatic carbocycles. The Morgan fingerprint density at radius 2 is 1.50 bits per heavy atom. The average molecular weight is 571 g/mol. The molecule has 5 nitrogen and oxygen atoms in total. The molecule has 2 N–H and O–H groups in total. The van der Waals surface area contributed by atoms with Gasteiger partial charge in [0.05, 0.1) is 24.1 Å². The maximum atomic E-state index is 5.70. The molecule has 0 bridgehead atoms. The molecule has 210 valence electrons. The monoisotopic (exact) mass is 570 g/mol. The summed E-state index contributed by atoms with van der Waals surface area (Å²) in [6.45, 7) is 0.790. The topological polar surface area (TPSA) is 54.9 Å². The molecule has 0 radical (unpaired) electrons. The van der Waals surface area contributed by atoms with Gasteiger partial charge in [-0.1, -0.05) is 103 Å². The Hall–Kier alpha value is -4.68. The number of aromatic nitrogens is 3. The Morgan fingerprint density at radius 1 is 0.881 bits per heavy atom. The van der Waals surface area contributed by atoms with E-state index in [2.05, 4.69) is 118 Å². The lowest BCUT2D eigenvalue weighted by atomic mass is 9.77. The molecular formula is C36H34N4OS. The van der Waals surface area contributed by atoms with Gasteiger partial charge in [0.2, 0.25) is 0 Å². The predicted molar refractivity (Wildman–Crippen MR) is 174 cm³/mol. The van der Waals surface area contributed by atoms with Gasteiger partial charge in [-0.15, -0.1) is 0 Å². The lowest BCUT2D eigenvalue weighted by molar-refractivity contribution is 0.415. The van der Waals surface area contributed by atoms with E-state index in [9.17, 15) is 0 Å². The van der Waals surface area contributed by atoms with Crippen molar-refractivity contribution in [1.29, 1.82) is 0 Å². The standard InChI is InChI=1S/C36H34N4OS/c1-41-32-19-20-34-33(23-32)27(24-38-34)22-35(42)37-21-11-18-31-25-40(26-39-31)36(28-12-5-2-6-13-28,29-14-7-3-8-15-29)30-16-9-4-10-17-30/h2-10,12-17,19-20,23-26,38H,11,18,21-22H2,1H3,(H,37,42). The first-order valence-electron chi connectivity index (χ1n) is 14.3. The fourth-order valence-electron chi connectivity index (χ4n) is 5.82. The number of rotatable bonds is 11. The zero-order chi connectivity index (χ0) is 28.8. The van der Waals surface area contributed by atoms with Crippen LogP contribution in [0.15, 0.2) is 128 Å². The minimum atomic E-state index is -0.545. The number of aryl methyl sites for hydroxylation is 1. The number of thiocarbonyl (C=S) groups is 1. The molecule has 0 aliphatic heterocycles. The molecule has 6 aromatic rings. The van der Waals surface area contributed by atoms with Crippen molar-refractivity contribution in [2.24, 2.45) is 0 Å². The Bertz CT molecular complexity index is 1660. The molecule has 0 amide bonds. The minimum absolute atomic E-state index is 0.545. The van der Waals surface area contributed by atoms with Crippen molar-refractivity contribution < 1.29 is 4.74 Å². The van der Waals surface area contributed by atoms with E-state index in [4.69, 9.17) is 21.9 Å². The summed E-state index contributed by atoms with van der Waals surface area (Å²) in [5.41, 5.74) is 6.33. The van der Waals surface area contributed by atoms with E-state index in [1.54, 1.807) is 7.11 Å². The second-order valence-electron chi connectivity index (χ2n) is 10.4. The first kappa shape index (κ1) is 27.5. The normalized spacial score (nSPS) is 11.5. The smallest absolute Gasteiger partial charge is 0.121 e. The number of benzene rings is 4. The summed E-state index contributed by atoms with van der Waals surface area (Å²) in [4.78, 5) is 9.04. The molecule has 0 spiro atoms. The van der Waals surface area contributed by atoms with Crippen LogP contribution in [0.1, 0.15) is 34.4 Å². The summed E-state index contributed by atoms with van der Waals surface area (Å²) in [6, 6.07) is 38.1. The highest BCUT2D eigenvalue weighted by Crippen LogP contribution is 2.40. The molecule has 2 heterocycles. The Balaban J connectivity index is 1.18. The summed E-state index contributed by atoms with van der Waals surface area (Å²) in [5.74, 6) is 0.845. The van der Waals surface area contributed by atoms with Crippen LogP contribution in [0.2, 0.25) is 0 Å². The van der Waals surface area contributed by atoms with Gasteiger partial charge in [0.25, 0.3) is 0 Å². The maximum Gasteiger partial charge on any atom is 0.121 e. The molecule has 2 aromatic heterocycles. The van der Waals surface area contributed by atoms with Crippen LogP contribution in [-0.4, -0.2) is 33.2 Å². The number of aromatic amines is 1. The highest BCUT2D eigenvalue weighted by atomic mass is 32.1. The van der Waals surface area contributed by atoms with Gasteiger partial charge in [0.15, 0.2) is 0 Å². The van der Waals surface area contributed by atoms with Crippen molar-refractivity contribution in [3.8, 4) is 5.75 Å².